The highest BCUT2D eigenvalue weighted by atomic mass is 16.5. The molecule has 2 aromatic heterocycles. The summed E-state index contributed by atoms with van der Waals surface area (Å²) in [6.45, 7) is 4.08. The van der Waals surface area contributed by atoms with Crippen LogP contribution in [0.25, 0.3) is 0 Å². The van der Waals surface area contributed by atoms with Gasteiger partial charge in [-0.05, 0) is 25.7 Å². The van der Waals surface area contributed by atoms with Gasteiger partial charge in [0.05, 0.1) is 31.7 Å². The predicted molar refractivity (Wildman–Crippen MR) is 87.0 cm³/mol. The van der Waals surface area contributed by atoms with Crippen LogP contribution in [0, 0.1) is 5.92 Å². The molecular formula is C16H22N6O3. The largest absolute Gasteiger partial charge is 0.482 e. The van der Waals surface area contributed by atoms with Crippen molar-refractivity contribution in [2.24, 2.45) is 5.92 Å². The monoisotopic (exact) mass is 346 g/mol. The number of ether oxygens (including phenoxy) is 1. The van der Waals surface area contributed by atoms with Gasteiger partial charge in [-0.1, -0.05) is 5.21 Å². The smallest absolute Gasteiger partial charge is 0.276 e. The van der Waals surface area contributed by atoms with Crippen LogP contribution in [-0.4, -0.2) is 66.0 Å². The van der Waals surface area contributed by atoms with Crippen molar-refractivity contribution in [2.75, 3.05) is 13.1 Å². The van der Waals surface area contributed by atoms with Crippen molar-refractivity contribution in [3.63, 3.8) is 0 Å². The average Bonchev–Trinajstić information content (AvgIpc) is 3.00. The molecule has 25 heavy (non-hydrogen) atoms. The summed E-state index contributed by atoms with van der Waals surface area (Å²) in [5.74, 6) is 1.03. The van der Waals surface area contributed by atoms with E-state index in [1.165, 1.54) is 12.8 Å². The number of nitrogens with zero attached hydrogens (tertiary/aromatic N) is 6. The highest BCUT2D eigenvalue weighted by Gasteiger charge is 2.37. The summed E-state index contributed by atoms with van der Waals surface area (Å²) >= 11 is 0. The van der Waals surface area contributed by atoms with E-state index in [4.69, 9.17) is 4.74 Å². The number of rotatable bonds is 6. The van der Waals surface area contributed by atoms with Gasteiger partial charge in [0.25, 0.3) is 5.91 Å². The minimum atomic E-state index is -0.740. The van der Waals surface area contributed by atoms with Gasteiger partial charge in [-0.2, -0.15) is 5.10 Å². The molecule has 9 nitrogen and oxygen atoms in total. The van der Waals surface area contributed by atoms with Gasteiger partial charge >= 0.3 is 0 Å². The molecule has 4 rings (SSSR count). The van der Waals surface area contributed by atoms with Crippen LogP contribution in [0.2, 0.25) is 0 Å². The van der Waals surface area contributed by atoms with E-state index in [2.05, 4.69) is 15.4 Å². The average molecular weight is 346 g/mol. The second-order valence-corrected chi connectivity index (χ2v) is 6.73. The maximum Gasteiger partial charge on any atom is 0.276 e. The first kappa shape index (κ1) is 16.1. The molecule has 2 atom stereocenters. The number of aliphatic hydroxyl groups is 1. The van der Waals surface area contributed by atoms with Gasteiger partial charge < -0.3 is 14.7 Å². The number of aromatic nitrogens is 5. The summed E-state index contributed by atoms with van der Waals surface area (Å²) < 4.78 is 9.26. The molecule has 1 saturated carbocycles. The fourth-order valence-corrected chi connectivity index (χ4v) is 3.00. The first-order chi connectivity index (χ1) is 12.1. The molecule has 0 unspecified atom stereocenters. The fraction of sp³-hybridized carbons (Fsp3) is 0.625. The Hall–Kier alpha value is -2.42. The normalized spacial score (nSPS) is 23.2. The van der Waals surface area contributed by atoms with Gasteiger partial charge in [0.2, 0.25) is 0 Å². The number of hydrogen-bond acceptors (Lipinski definition) is 6. The molecule has 2 fully saturated rings. The highest BCUT2D eigenvalue weighted by Crippen LogP contribution is 2.30. The van der Waals surface area contributed by atoms with Crippen molar-refractivity contribution >= 4 is 5.91 Å². The van der Waals surface area contributed by atoms with Crippen LogP contribution in [0.3, 0.4) is 0 Å². The lowest BCUT2D eigenvalue weighted by Crippen LogP contribution is -2.31. The van der Waals surface area contributed by atoms with Crippen molar-refractivity contribution in [1.82, 2.24) is 29.7 Å². The summed E-state index contributed by atoms with van der Waals surface area (Å²) in [6.07, 6.45) is 6.30. The Balaban J connectivity index is 1.37. The number of hydrogen-bond donors (Lipinski definition) is 1. The predicted octanol–water partition coefficient (Wildman–Crippen LogP) is 0.169. The van der Waals surface area contributed by atoms with Gasteiger partial charge in [0, 0.05) is 13.1 Å². The summed E-state index contributed by atoms with van der Waals surface area (Å²) in [6, 6.07) is 0. The van der Waals surface area contributed by atoms with Crippen LogP contribution >= 0.6 is 0 Å². The zero-order valence-corrected chi connectivity index (χ0v) is 14.2. The minimum Gasteiger partial charge on any atom is -0.482 e. The minimum absolute atomic E-state index is 0.223. The summed E-state index contributed by atoms with van der Waals surface area (Å²) in [7, 11) is 0. The molecule has 0 aromatic carbocycles. The Morgan fingerprint density at radius 3 is 2.88 bits per heavy atom. The Bertz CT molecular complexity index is 753. The zero-order chi connectivity index (χ0) is 17.4. The Morgan fingerprint density at radius 1 is 1.32 bits per heavy atom. The number of likely N-dealkylation sites (tertiary alicyclic amines) is 1. The molecule has 1 saturated heterocycles. The van der Waals surface area contributed by atoms with Crippen LogP contribution < -0.4 is 4.74 Å². The van der Waals surface area contributed by atoms with Crippen molar-refractivity contribution in [1.29, 1.82) is 0 Å². The molecule has 2 aromatic rings. The van der Waals surface area contributed by atoms with Crippen LogP contribution in [0.5, 0.6) is 5.75 Å². The molecule has 3 heterocycles. The highest BCUT2D eigenvalue weighted by molar-refractivity contribution is 5.92. The van der Waals surface area contributed by atoms with Crippen molar-refractivity contribution < 1.29 is 14.6 Å². The van der Waals surface area contributed by atoms with Gasteiger partial charge in [-0.25, -0.2) is 0 Å². The standard InChI is InChI=1S/C16H22N6O3/c1-2-21-7-12(5-17-21)25-15-10-20(9-14(15)23)16(24)13-8-22(19-18-13)6-11-3-4-11/h5,7-8,11,14-15,23H,2-4,6,9-10H2,1H3/t14-,15-/m1/s1. The van der Waals surface area contributed by atoms with E-state index in [-0.39, 0.29) is 12.5 Å². The lowest BCUT2D eigenvalue weighted by atomic mass is 10.3. The Labute approximate surface area is 145 Å². The third-order valence-electron chi connectivity index (χ3n) is 4.65. The lowest BCUT2D eigenvalue weighted by molar-refractivity contribution is 0.0728. The van der Waals surface area contributed by atoms with Crippen LogP contribution in [0.4, 0.5) is 0 Å². The maximum atomic E-state index is 12.6. The van der Waals surface area contributed by atoms with E-state index in [1.807, 2.05) is 6.92 Å². The van der Waals surface area contributed by atoms with Crippen LogP contribution in [-0.2, 0) is 13.1 Å². The number of carbonyl (C=O) groups is 1. The van der Waals surface area contributed by atoms with Crippen molar-refractivity contribution in [3.8, 4) is 5.75 Å². The maximum absolute atomic E-state index is 12.6. The first-order valence-corrected chi connectivity index (χ1v) is 8.69. The molecule has 0 radical (unpaired) electrons. The second kappa shape index (κ2) is 6.47. The first-order valence-electron chi connectivity index (χ1n) is 8.69. The molecule has 9 heteroatoms. The molecule has 1 N–H and O–H groups in total. The quantitative estimate of drug-likeness (QED) is 0.801. The summed E-state index contributed by atoms with van der Waals surface area (Å²) in [5, 5.41) is 22.4. The molecule has 0 spiro atoms. The number of aryl methyl sites for hydroxylation is 1. The van der Waals surface area contributed by atoms with E-state index in [0.29, 0.717) is 23.9 Å². The van der Waals surface area contributed by atoms with E-state index < -0.39 is 12.2 Å². The van der Waals surface area contributed by atoms with Crippen molar-refractivity contribution in [3.05, 3.63) is 24.3 Å². The zero-order valence-electron chi connectivity index (χ0n) is 14.2. The second-order valence-electron chi connectivity index (χ2n) is 6.73. The molecule has 2 aliphatic rings. The van der Waals surface area contributed by atoms with Gasteiger partial charge in [-0.15, -0.1) is 5.10 Å². The fourth-order valence-electron chi connectivity index (χ4n) is 3.00. The van der Waals surface area contributed by atoms with Gasteiger partial charge in [-0.3, -0.25) is 14.2 Å². The van der Waals surface area contributed by atoms with E-state index in [1.54, 1.807) is 32.9 Å². The summed E-state index contributed by atoms with van der Waals surface area (Å²) in [4.78, 5) is 14.1. The third-order valence-corrected chi connectivity index (χ3v) is 4.65. The Morgan fingerprint density at radius 2 is 2.16 bits per heavy atom. The summed E-state index contributed by atoms with van der Waals surface area (Å²) in [5.41, 5.74) is 0.312. The van der Waals surface area contributed by atoms with Gasteiger partial charge in [0.1, 0.15) is 12.2 Å². The Kier molecular flexibility index (Phi) is 4.16. The molecular weight excluding hydrogens is 324 g/mol. The van der Waals surface area contributed by atoms with Gasteiger partial charge in [0.15, 0.2) is 11.4 Å². The molecule has 1 aliphatic heterocycles. The van der Waals surface area contributed by atoms with E-state index in [9.17, 15) is 9.90 Å². The van der Waals surface area contributed by atoms with Crippen molar-refractivity contribution in [2.45, 2.75) is 45.1 Å². The number of β-amino-alcohol motifs (C(OH)–C–C–N with tert-alkyl or cyclic N) is 1. The molecule has 1 aliphatic carbocycles. The van der Waals surface area contributed by atoms with Crippen LogP contribution in [0.15, 0.2) is 18.6 Å². The third kappa shape index (κ3) is 3.51. The molecule has 134 valence electrons. The number of amides is 1. The van der Waals surface area contributed by atoms with Crippen LogP contribution in [0.1, 0.15) is 30.3 Å². The molecule has 1 amide bonds. The topological polar surface area (TPSA) is 98.3 Å². The lowest BCUT2D eigenvalue weighted by Gasteiger charge is -2.15. The number of carbonyl (C=O) groups excluding carboxylic acids is 1. The SMILES string of the molecule is CCn1cc(O[C@@H]2CN(C(=O)c3cn(CC4CC4)nn3)C[C@H]2O)cn1. The van der Waals surface area contributed by atoms with E-state index in [0.717, 1.165) is 13.1 Å². The van der Waals surface area contributed by atoms with E-state index >= 15 is 0 Å². The number of aliphatic hydroxyl groups excluding tert-OH is 1. The molecule has 0 bridgehead atoms.